The minimum Gasteiger partial charge on any atom is -0.481 e. The van der Waals surface area contributed by atoms with Crippen LogP contribution in [0.4, 0.5) is 0 Å². The van der Waals surface area contributed by atoms with Crippen molar-refractivity contribution in [1.29, 1.82) is 0 Å². The summed E-state index contributed by atoms with van der Waals surface area (Å²) in [5.74, 6) is -1.74. The van der Waals surface area contributed by atoms with Gasteiger partial charge in [-0.2, -0.15) is 0 Å². The molecule has 0 spiro atoms. The van der Waals surface area contributed by atoms with Crippen LogP contribution in [0.3, 0.4) is 0 Å². The van der Waals surface area contributed by atoms with E-state index in [0.717, 1.165) is 0 Å². The molecule has 6 heteroatoms. The van der Waals surface area contributed by atoms with Crippen LogP contribution in [-0.4, -0.2) is 40.5 Å². The first-order valence-corrected chi connectivity index (χ1v) is 4.69. The van der Waals surface area contributed by atoms with E-state index in [1.807, 2.05) is 0 Å². The standard InChI is InChI=1S/C6H10O4.C3H9NO/c7-5(8)3-1-2-4-6(9)10;1-3(5)4-2/h1-4H2,(H,7,8)(H,9,10);3-5H,1-2H3. The Labute approximate surface area is 88.9 Å². The second-order valence-corrected chi connectivity index (χ2v) is 2.96. The van der Waals surface area contributed by atoms with E-state index in [2.05, 4.69) is 5.32 Å². The fraction of sp³-hybridized carbons (Fsp3) is 0.778. The smallest absolute Gasteiger partial charge is 0.303 e. The highest BCUT2D eigenvalue weighted by molar-refractivity contribution is 5.67. The fourth-order valence-electron chi connectivity index (χ4n) is 0.552. The predicted octanol–water partition coefficient (Wildman–Crippen LogP) is 0.260. The van der Waals surface area contributed by atoms with Crippen LogP contribution in [0.2, 0.25) is 0 Å². The van der Waals surface area contributed by atoms with Crippen molar-refractivity contribution in [1.82, 2.24) is 5.32 Å². The third-order valence-corrected chi connectivity index (χ3v) is 1.45. The summed E-state index contributed by atoms with van der Waals surface area (Å²) in [7, 11) is 1.70. The lowest BCUT2D eigenvalue weighted by Crippen LogP contribution is -2.19. The zero-order chi connectivity index (χ0) is 12.3. The molecule has 0 saturated heterocycles. The molecule has 0 rings (SSSR count). The van der Waals surface area contributed by atoms with E-state index in [1.54, 1.807) is 14.0 Å². The maximum atomic E-state index is 9.90. The lowest BCUT2D eigenvalue weighted by Gasteiger charge is -1.94. The molecule has 0 aliphatic carbocycles. The molecule has 0 aliphatic rings. The first-order valence-electron chi connectivity index (χ1n) is 4.69. The number of aliphatic hydroxyl groups excluding tert-OH is 1. The fourth-order valence-corrected chi connectivity index (χ4v) is 0.552. The van der Waals surface area contributed by atoms with Crippen LogP contribution in [-0.2, 0) is 9.59 Å². The number of unbranched alkanes of at least 4 members (excludes halogenated alkanes) is 1. The van der Waals surface area contributed by atoms with Crippen molar-refractivity contribution in [2.45, 2.75) is 38.8 Å². The van der Waals surface area contributed by atoms with Crippen LogP contribution in [0, 0.1) is 0 Å². The number of nitrogens with one attached hydrogen (secondary N) is 1. The Morgan fingerprint density at radius 1 is 1.13 bits per heavy atom. The summed E-state index contributed by atoms with van der Waals surface area (Å²) in [6.45, 7) is 1.67. The van der Waals surface area contributed by atoms with Gasteiger partial charge < -0.3 is 15.3 Å². The van der Waals surface area contributed by atoms with Crippen molar-refractivity contribution in [3.05, 3.63) is 0 Å². The molecule has 0 aromatic rings. The maximum Gasteiger partial charge on any atom is 0.303 e. The van der Waals surface area contributed by atoms with Crippen LogP contribution in [0.5, 0.6) is 0 Å². The van der Waals surface area contributed by atoms with Gasteiger partial charge in [-0.1, -0.05) is 0 Å². The van der Waals surface area contributed by atoms with Gasteiger partial charge in [0.1, 0.15) is 6.23 Å². The lowest BCUT2D eigenvalue weighted by molar-refractivity contribution is -0.139. The Bertz CT molecular complexity index is 165. The molecular weight excluding hydrogens is 202 g/mol. The highest BCUT2D eigenvalue weighted by atomic mass is 16.4. The van der Waals surface area contributed by atoms with Crippen LogP contribution < -0.4 is 5.32 Å². The molecule has 0 aromatic heterocycles. The Kier molecular flexibility index (Phi) is 11.9. The van der Waals surface area contributed by atoms with Crippen LogP contribution in [0.15, 0.2) is 0 Å². The average molecular weight is 221 g/mol. The summed E-state index contributed by atoms with van der Waals surface area (Å²) in [5, 5.41) is 27.1. The van der Waals surface area contributed by atoms with E-state index >= 15 is 0 Å². The van der Waals surface area contributed by atoms with Crippen molar-refractivity contribution >= 4 is 11.9 Å². The molecule has 6 nitrogen and oxygen atoms in total. The van der Waals surface area contributed by atoms with Crippen LogP contribution in [0.1, 0.15) is 32.6 Å². The molecule has 4 N–H and O–H groups in total. The Balaban J connectivity index is 0. The lowest BCUT2D eigenvalue weighted by atomic mass is 10.2. The number of carbonyl (C=O) groups is 2. The summed E-state index contributed by atoms with van der Waals surface area (Å²) < 4.78 is 0. The Hall–Kier alpha value is -1.14. The number of carboxylic acids is 2. The van der Waals surface area contributed by atoms with Crippen LogP contribution >= 0.6 is 0 Å². The van der Waals surface area contributed by atoms with Crippen molar-refractivity contribution in [3.8, 4) is 0 Å². The average Bonchev–Trinajstić information content (AvgIpc) is 2.13. The number of hydrogen-bond acceptors (Lipinski definition) is 4. The molecule has 0 radical (unpaired) electrons. The molecule has 0 heterocycles. The van der Waals surface area contributed by atoms with Crippen molar-refractivity contribution in [3.63, 3.8) is 0 Å². The van der Waals surface area contributed by atoms with E-state index in [0.29, 0.717) is 12.8 Å². The third kappa shape index (κ3) is 24.6. The SMILES string of the molecule is CNC(C)O.O=C(O)CCCCC(=O)O. The van der Waals surface area contributed by atoms with Gasteiger partial charge >= 0.3 is 11.9 Å². The van der Waals surface area contributed by atoms with Gasteiger partial charge in [0.05, 0.1) is 0 Å². The van der Waals surface area contributed by atoms with Gasteiger partial charge in [0.25, 0.3) is 0 Å². The summed E-state index contributed by atoms with van der Waals surface area (Å²) in [6, 6.07) is 0. The van der Waals surface area contributed by atoms with Gasteiger partial charge in [0.2, 0.25) is 0 Å². The minimum absolute atomic E-state index is 0.0628. The van der Waals surface area contributed by atoms with E-state index in [9.17, 15) is 9.59 Å². The van der Waals surface area contributed by atoms with Gasteiger partial charge in [-0.3, -0.25) is 14.9 Å². The molecule has 0 amide bonds. The monoisotopic (exact) mass is 221 g/mol. The molecule has 0 aliphatic heterocycles. The molecule has 1 atom stereocenters. The van der Waals surface area contributed by atoms with Crippen molar-refractivity contribution in [2.75, 3.05) is 7.05 Å². The first-order chi connectivity index (χ1) is 6.90. The highest BCUT2D eigenvalue weighted by Crippen LogP contribution is 1.98. The van der Waals surface area contributed by atoms with Crippen LogP contribution in [0.25, 0.3) is 0 Å². The first kappa shape index (κ1) is 16.3. The second kappa shape index (κ2) is 10.9. The van der Waals surface area contributed by atoms with Crippen molar-refractivity contribution < 1.29 is 24.9 Å². The van der Waals surface area contributed by atoms with E-state index < -0.39 is 11.9 Å². The quantitative estimate of drug-likeness (QED) is 0.378. The number of carboxylic acid groups (broad SMARTS) is 2. The number of hydrogen-bond donors (Lipinski definition) is 4. The van der Waals surface area contributed by atoms with E-state index in [1.165, 1.54) is 0 Å². The molecule has 15 heavy (non-hydrogen) atoms. The molecule has 0 fully saturated rings. The van der Waals surface area contributed by atoms with Gasteiger partial charge in [-0.15, -0.1) is 0 Å². The summed E-state index contributed by atoms with van der Waals surface area (Å²) in [5.41, 5.74) is 0. The zero-order valence-corrected chi connectivity index (χ0v) is 9.06. The summed E-state index contributed by atoms with van der Waals surface area (Å²) in [4.78, 5) is 19.8. The third-order valence-electron chi connectivity index (χ3n) is 1.45. The molecule has 0 aromatic carbocycles. The number of aliphatic hydroxyl groups is 1. The largest absolute Gasteiger partial charge is 0.481 e. The predicted molar refractivity (Wildman–Crippen MR) is 54.5 cm³/mol. The highest BCUT2D eigenvalue weighted by Gasteiger charge is 1.99. The number of aliphatic carboxylic acids is 2. The molecule has 1 unspecified atom stereocenters. The second-order valence-electron chi connectivity index (χ2n) is 2.96. The summed E-state index contributed by atoms with van der Waals surface area (Å²) in [6.07, 6.45) is 0.652. The molecule has 90 valence electrons. The van der Waals surface area contributed by atoms with Gasteiger partial charge in [0, 0.05) is 12.8 Å². The van der Waals surface area contributed by atoms with Crippen molar-refractivity contribution in [2.24, 2.45) is 0 Å². The summed E-state index contributed by atoms with van der Waals surface area (Å²) >= 11 is 0. The van der Waals surface area contributed by atoms with E-state index in [-0.39, 0.29) is 19.1 Å². The maximum absolute atomic E-state index is 9.90. The Morgan fingerprint density at radius 2 is 1.40 bits per heavy atom. The van der Waals surface area contributed by atoms with Gasteiger partial charge in [-0.05, 0) is 26.8 Å². The van der Waals surface area contributed by atoms with E-state index in [4.69, 9.17) is 15.3 Å². The topological polar surface area (TPSA) is 107 Å². The molecular formula is C9H19NO5. The number of rotatable bonds is 6. The molecule has 0 saturated carbocycles. The molecule has 0 bridgehead atoms. The van der Waals surface area contributed by atoms with Gasteiger partial charge in [-0.25, -0.2) is 0 Å². The zero-order valence-electron chi connectivity index (χ0n) is 9.06. The Morgan fingerprint density at radius 3 is 1.53 bits per heavy atom. The minimum atomic E-state index is -0.870. The van der Waals surface area contributed by atoms with Gasteiger partial charge in [0.15, 0.2) is 0 Å². The normalized spacial score (nSPS) is 11.1.